The quantitative estimate of drug-likeness (QED) is 0.309. The van der Waals surface area contributed by atoms with Crippen LogP contribution in [0, 0.1) is 0 Å². The zero-order valence-electron chi connectivity index (χ0n) is 20.2. The minimum Gasteiger partial charge on any atom is -0.308 e. The van der Waals surface area contributed by atoms with E-state index in [0.717, 1.165) is 0 Å². The molecule has 0 saturated heterocycles. The maximum Gasteiger partial charge on any atom is 0.416 e. The van der Waals surface area contributed by atoms with Crippen LogP contribution in [0.5, 0.6) is 0 Å². The van der Waals surface area contributed by atoms with Gasteiger partial charge in [-0.25, -0.2) is 0 Å². The van der Waals surface area contributed by atoms with Crippen LogP contribution in [0.3, 0.4) is 0 Å². The first-order valence-corrected chi connectivity index (χ1v) is 11.4. The minimum atomic E-state index is -4.93. The smallest absolute Gasteiger partial charge is 0.308 e. The van der Waals surface area contributed by atoms with E-state index < -0.39 is 83.3 Å². The van der Waals surface area contributed by atoms with E-state index in [1.807, 2.05) is 0 Å². The van der Waals surface area contributed by atoms with Gasteiger partial charge in [-0.2, -0.15) is 52.7 Å². The number of alkyl halides is 12. The lowest BCUT2D eigenvalue weighted by molar-refractivity contribution is -0.142. The highest BCUT2D eigenvalue weighted by molar-refractivity contribution is 5.85. The molecule has 3 rings (SSSR count). The number of hydrogen-bond donors (Lipinski definition) is 2. The lowest BCUT2D eigenvalue weighted by Crippen LogP contribution is -2.49. The van der Waals surface area contributed by atoms with Crippen molar-refractivity contribution in [2.45, 2.75) is 75.6 Å². The lowest BCUT2D eigenvalue weighted by atomic mass is 9.89. The Bertz CT molecular complexity index is 1020. The first-order chi connectivity index (χ1) is 17.4. The van der Waals surface area contributed by atoms with Crippen LogP contribution in [0.2, 0.25) is 0 Å². The number of hydrogen-bond acceptors (Lipinski definition) is 2. The molecule has 2 nitrogen and oxygen atoms in total. The van der Waals surface area contributed by atoms with Crippen molar-refractivity contribution in [3.05, 3.63) is 69.8 Å². The monoisotopic (exact) mass is 638 g/mol. The molecule has 1 saturated carbocycles. The number of rotatable bonds is 6. The van der Waals surface area contributed by atoms with Crippen LogP contribution in [-0.4, -0.2) is 12.1 Å². The molecule has 228 valence electrons. The molecule has 16 heteroatoms. The molecule has 2 aromatic carbocycles. The van der Waals surface area contributed by atoms with Gasteiger partial charge in [0.2, 0.25) is 0 Å². The second-order valence-corrected chi connectivity index (χ2v) is 8.99. The summed E-state index contributed by atoms with van der Waals surface area (Å²) in [4.78, 5) is 0. The maximum atomic E-state index is 13.4. The number of halogens is 14. The molecule has 1 aliphatic carbocycles. The van der Waals surface area contributed by atoms with Crippen molar-refractivity contribution in [1.29, 1.82) is 0 Å². The molecule has 0 aliphatic heterocycles. The van der Waals surface area contributed by atoms with Crippen molar-refractivity contribution in [2.75, 3.05) is 0 Å². The summed E-state index contributed by atoms with van der Waals surface area (Å²) in [5.74, 6) is 0. The van der Waals surface area contributed by atoms with E-state index in [0.29, 0.717) is 62.1 Å². The van der Waals surface area contributed by atoms with Crippen molar-refractivity contribution >= 4 is 24.8 Å². The molecular weight excluding hydrogens is 615 g/mol. The Morgan fingerprint density at radius 3 is 1.12 bits per heavy atom. The van der Waals surface area contributed by atoms with E-state index in [-0.39, 0.29) is 24.8 Å². The van der Waals surface area contributed by atoms with Gasteiger partial charge in [-0.15, -0.1) is 24.8 Å². The zero-order valence-corrected chi connectivity index (χ0v) is 21.8. The summed E-state index contributed by atoms with van der Waals surface area (Å²) in [5.41, 5.74) is -6.40. The highest BCUT2D eigenvalue weighted by Gasteiger charge is 2.39. The molecule has 0 amide bonds. The third kappa shape index (κ3) is 9.31. The lowest BCUT2D eigenvalue weighted by Gasteiger charge is -2.34. The van der Waals surface area contributed by atoms with E-state index in [1.54, 1.807) is 0 Å². The fraction of sp³-hybridized carbons (Fsp3) is 0.500. The Morgan fingerprint density at radius 1 is 0.525 bits per heavy atom. The highest BCUT2D eigenvalue weighted by atomic mass is 35.5. The van der Waals surface area contributed by atoms with Gasteiger partial charge in [-0.1, -0.05) is 12.8 Å². The van der Waals surface area contributed by atoms with Gasteiger partial charge in [0.25, 0.3) is 0 Å². The second-order valence-electron chi connectivity index (χ2n) is 8.99. The molecule has 0 aromatic heterocycles. The average molecular weight is 639 g/mol. The summed E-state index contributed by atoms with van der Waals surface area (Å²) >= 11 is 0. The van der Waals surface area contributed by atoms with E-state index in [2.05, 4.69) is 10.6 Å². The van der Waals surface area contributed by atoms with E-state index in [1.165, 1.54) is 0 Å². The van der Waals surface area contributed by atoms with Gasteiger partial charge < -0.3 is 10.6 Å². The molecule has 40 heavy (non-hydrogen) atoms. The van der Waals surface area contributed by atoms with Crippen molar-refractivity contribution in [1.82, 2.24) is 10.6 Å². The predicted octanol–water partition coefficient (Wildman–Crippen LogP) is 8.80. The Kier molecular flexibility index (Phi) is 12.1. The van der Waals surface area contributed by atoms with Crippen LogP contribution in [0.4, 0.5) is 52.7 Å². The topological polar surface area (TPSA) is 24.1 Å². The Labute approximate surface area is 233 Å². The molecule has 0 radical (unpaired) electrons. The van der Waals surface area contributed by atoms with Gasteiger partial charge in [0, 0.05) is 25.2 Å². The molecule has 2 unspecified atom stereocenters. The fourth-order valence-corrected chi connectivity index (χ4v) is 4.49. The number of benzene rings is 2. The number of nitrogens with one attached hydrogen (secondary N) is 2. The maximum absolute atomic E-state index is 13.4. The van der Waals surface area contributed by atoms with Crippen LogP contribution in [-0.2, 0) is 37.8 Å². The first kappa shape index (κ1) is 36.1. The van der Waals surface area contributed by atoms with E-state index in [9.17, 15) is 52.7 Å². The third-order valence-corrected chi connectivity index (χ3v) is 6.35. The molecule has 2 aromatic rings. The predicted molar refractivity (Wildman–Crippen MR) is 127 cm³/mol. The molecule has 2 atom stereocenters. The van der Waals surface area contributed by atoms with Crippen molar-refractivity contribution in [3.8, 4) is 0 Å². The van der Waals surface area contributed by atoms with Crippen LogP contribution in [0.1, 0.15) is 59.1 Å². The molecule has 2 N–H and O–H groups in total. The van der Waals surface area contributed by atoms with Crippen molar-refractivity contribution in [3.63, 3.8) is 0 Å². The standard InChI is InChI=1S/C24H22F12N2.2ClH/c25-21(26,27)15-5-7-17(23(31,32)33)13(9-15)11-37-19-3-1-2-4-20(19)38-12-14-10-16(22(28,29)30)6-8-18(14)24(34,35)36;;/h5-10,19-20,37-38H,1-4,11-12H2;2*1H. The SMILES string of the molecule is Cl.Cl.FC(F)(F)c1ccc(C(F)(F)F)c(CNC2CCCCC2NCc2cc(C(F)(F)F)ccc2C(F)(F)F)c1. The fourth-order valence-electron chi connectivity index (χ4n) is 4.49. The summed E-state index contributed by atoms with van der Waals surface area (Å²) in [6.07, 6.45) is -17.8. The van der Waals surface area contributed by atoms with Crippen molar-refractivity contribution < 1.29 is 52.7 Å². The summed E-state index contributed by atoms with van der Waals surface area (Å²) in [5, 5.41) is 5.53. The first-order valence-electron chi connectivity index (χ1n) is 11.4. The van der Waals surface area contributed by atoms with Crippen LogP contribution < -0.4 is 10.6 Å². The van der Waals surface area contributed by atoms with Gasteiger partial charge >= 0.3 is 24.7 Å². The van der Waals surface area contributed by atoms with Gasteiger partial charge in [-0.3, -0.25) is 0 Å². The Balaban J connectivity index is 0.00000400. The molecular formula is C24H24Cl2F12N2. The summed E-state index contributed by atoms with van der Waals surface area (Å²) in [6.45, 7) is -1.22. The third-order valence-electron chi connectivity index (χ3n) is 6.35. The average Bonchev–Trinajstić information content (AvgIpc) is 2.79. The van der Waals surface area contributed by atoms with Crippen LogP contribution in [0.15, 0.2) is 36.4 Å². The van der Waals surface area contributed by atoms with E-state index >= 15 is 0 Å². The second kappa shape index (κ2) is 13.4. The van der Waals surface area contributed by atoms with Gasteiger partial charge in [0.05, 0.1) is 22.3 Å². The zero-order chi connectivity index (χ0) is 28.5. The molecule has 0 heterocycles. The highest BCUT2D eigenvalue weighted by Crippen LogP contribution is 2.38. The Hall–Kier alpha value is -1.90. The normalized spacial score (nSPS) is 18.6. The van der Waals surface area contributed by atoms with Crippen LogP contribution >= 0.6 is 24.8 Å². The van der Waals surface area contributed by atoms with E-state index in [4.69, 9.17) is 0 Å². The summed E-state index contributed by atoms with van der Waals surface area (Å²) in [6, 6.07) is 0.790. The van der Waals surface area contributed by atoms with Gasteiger partial charge in [-0.05, 0) is 60.4 Å². The molecule has 0 spiro atoms. The summed E-state index contributed by atoms with van der Waals surface area (Å²) < 4.78 is 159. The molecule has 1 fully saturated rings. The minimum absolute atomic E-state index is 0. The summed E-state index contributed by atoms with van der Waals surface area (Å²) in [7, 11) is 0. The Morgan fingerprint density at radius 2 is 0.850 bits per heavy atom. The molecule has 0 bridgehead atoms. The van der Waals surface area contributed by atoms with Gasteiger partial charge in [0.1, 0.15) is 0 Å². The van der Waals surface area contributed by atoms with Crippen molar-refractivity contribution in [2.24, 2.45) is 0 Å². The van der Waals surface area contributed by atoms with Gasteiger partial charge in [0.15, 0.2) is 0 Å². The largest absolute Gasteiger partial charge is 0.416 e. The van der Waals surface area contributed by atoms with Crippen LogP contribution in [0.25, 0.3) is 0 Å². The molecule has 1 aliphatic rings.